The van der Waals surface area contributed by atoms with Crippen molar-refractivity contribution in [3.63, 3.8) is 0 Å². The molecule has 2 amide bonds. The molecule has 0 spiro atoms. The zero-order chi connectivity index (χ0) is 18.4. The van der Waals surface area contributed by atoms with Gasteiger partial charge in [-0.3, -0.25) is 14.5 Å². The van der Waals surface area contributed by atoms with E-state index >= 15 is 0 Å². The molecule has 0 aromatic heterocycles. The highest BCUT2D eigenvalue weighted by atomic mass is 19.1. The molecular formula is C18H19F2N3O2. The van der Waals surface area contributed by atoms with E-state index in [9.17, 15) is 18.4 Å². The molecule has 132 valence electrons. The van der Waals surface area contributed by atoms with Crippen molar-refractivity contribution in [1.29, 1.82) is 0 Å². The first-order valence-corrected chi connectivity index (χ1v) is 7.63. The second-order valence-corrected chi connectivity index (χ2v) is 5.62. The van der Waals surface area contributed by atoms with Crippen LogP contribution >= 0.6 is 0 Å². The molecule has 0 saturated carbocycles. The maximum atomic E-state index is 13.5. The van der Waals surface area contributed by atoms with Crippen LogP contribution in [0.4, 0.5) is 14.5 Å². The summed E-state index contributed by atoms with van der Waals surface area (Å²) < 4.78 is 26.6. The van der Waals surface area contributed by atoms with Gasteiger partial charge in [0.15, 0.2) is 0 Å². The van der Waals surface area contributed by atoms with Gasteiger partial charge in [-0.2, -0.15) is 0 Å². The number of hydrogen-bond donors (Lipinski definition) is 2. The summed E-state index contributed by atoms with van der Waals surface area (Å²) in [6, 6.07) is 9.87. The summed E-state index contributed by atoms with van der Waals surface area (Å²) in [6.45, 7) is 0.472. The van der Waals surface area contributed by atoms with Crippen molar-refractivity contribution in [2.75, 3.05) is 26.0 Å². The lowest BCUT2D eigenvalue weighted by Gasteiger charge is -2.16. The molecule has 2 N–H and O–H groups in total. The van der Waals surface area contributed by atoms with E-state index < -0.39 is 17.5 Å². The highest BCUT2D eigenvalue weighted by Crippen LogP contribution is 2.15. The monoisotopic (exact) mass is 347 g/mol. The standard InChI is InChI=1S/C18H19F2N3O2/c1-21-18(25)13-5-3-12(4-6-13)10-23(2)11-17(24)22-16-9-14(19)7-8-15(16)20/h3-9H,10-11H2,1-2H3,(H,21,25)(H,22,24). The summed E-state index contributed by atoms with van der Waals surface area (Å²) in [7, 11) is 3.29. The molecule has 0 aliphatic carbocycles. The number of benzene rings is 2. The smallest absolute Gasteiger partial charge is 0.251 e. The Balaban J connectivity index is 1.91. The van der Waals surface area contributed by atoms with Crippen LogP contribution in [0.2, 0.25) is 0 Å². The van der Waals surface area contributed by atoms with Crippen molar-refractivity contribution in [1.82, 2.24) is 10.2 Å². The summed E-state index contributed by atoms with van der Waals surface area (Å²) in [5, 5.41) is 4.89. The molecule has 0 radical (unpaired) electrons. The van der Waals surface area contributed by atoms with Crippen LogP contribution in [0.3, 0.4) is 0 Å². The van der Waals surface area contributed by atoms with E-state index in [-0.39, 0.29) is 18.1 Å². The van der Waals surface area contributed by atoms with Gasteiger partial charge in [0, 0.05) is 25.2 Å². The van der Waals surface area contributed by atoms with Crippen LogP contribution in [0, 0.1) is 11.6 Å². The third-order valence-electron chi connectivity index (χ3n) is 3.51. The van der Waals surface area contributed by atoms with Crippen LogP contribution in [0.15, 0.2) is 42.5 Å². The zero-order valence-corrected chi connectivity index (χ0v) is 14.0. The zero-order valence-electron chi connectivity index (χ0n) is 14.0. The minimum Gasteiger partial charge on any atom is -0.355 e. The minimum absolute atomic E-state index is 0.00709. The number of likely N-dealkylation sites (N-methyl/N-ethyl adjacent to an activating group) is 1. The van der Waals surface area contributed by atoms with Crippen LogP contribution in [0.1, 0.15) is 15.9 Å². The summed E-state index contributed by atoms with van der Waals surface area (Å²) in [4.78, 5) is 25.2. The quantitative estimate of drug-likeness (QED) is 0.844. The lowest BCUT2D eigenvalue weighted by molar-refractivity contribution is -0.117. The molecule has 2 aromatic carbocycles. The average molecular weight is 347 g/mol. The number of anilines is 1. The van der Waals surface area contributed by atoms with Crippen molar-refractivity contribution >= 4 is 17.5 Å². The number of rotatable bonds is 6. The Morgan fingerprint density at radius 2 is 1.76 bits per heavy atom. The second-order valence-electron chi connectivity index (χ2n) is 5.62. The average Bonchev–Trinajstić information content (AvgIpc) is 2.58. The van der Waals surface area contributed by atoms with E-state index in [1.165, 1.54) is 0 Å². The van der Waals surface area contributed by atoms with E-state index in [2.05, 4.69) is 10.6 Å². The maximum absolute atomic E-state index is 13.5. The van der Waals surface area contributed by atoms with Crippen molar-refractivity contribution in [3.05, 3.63) is 65.2 Å². The molecule has 0 bridgehead atoms. The fraction of sp³-hybridized carbons (Fsp3) is 0.222. The van der Waals surface area contributed by atoms with Gasteiger partial charge in [-0.05, 0) is 36.9 Å². The molecule has 0 atom stereocenters. The number of hydrogen-bond acceptors (Lipinski definition) is 3. The Kier molecular flexibility index (Phi) is 6.19. The number of halogens is 2. The molecule has 0 unspecified atom stereocenters. The van der Waals surface area contributed by atoms with E-state index in [1.807, 2.05) is 0 Å². The Labute approximate surface area is 144 Å². The van der Waals surface area contributed by atoms with Gasteiger partial charge in [-0.15, -0.1) is 0 Å². The van der Waals surface area contributed by atoms with Crippen LogP contribution in [-0.2, 0) is 11.3 Å². The SMILES string of the molecule is CNC(=O)c1ccc(CN(C)CC(=O)Nc2cc(F)ccc2F)cc1. The first-order chi connectivity index (χ1) is 11.9. The maximum Gasteiger partial charge on any atom is 0.251 e. The second kappa shape index (κ2) is 8.34. The third kappa shape index (κ3) is 5.36. The highest BCUT2D eigenvalue weighted by molar-refractivity contribution is 5.94. The van der Waals surface area contributed by atoms with Gasteiger partial charge in [-0.1, -0.05) is 12.1 Å². The number of carbonyl (C=O) groups excluding carboxylic acids is 2. The van der Waals surface area contributed by atoms with Crippen molar-refractivity contribution in [3.8, 4) is 0 Å². The predicted molar refractivity (Wildman–Crippen MR) is 91.2 cm³/mol. The predicted octanol–water partition coefficient (Wildman–Crippen LogP) is 2.39. The van der Waals surface area contributed by atoms with E-state index in [1.54, 1.807) is 43.3 Å². The summed E-state index contributed by atoms with van der Waals surface area (Å²) in [5.41, 5.74) is 1.28. The van der Waals surface area contributed by atoms with Crippen LogP contribution < -0.4 is 10.6 Å². The van der Waals surface area contributed by atoms with E-state index in [0.29, 0.717) is 12.1 Å². The number of amides is 2. The minimum atomic E-state index is -0.692. The van der Waals surface area contributed by atoms with Crippen LogP contribution in [0.5, 0.6) is 0 Å². The molecule has 7 heteroatoms. The molecular weight excluding hydrogens is 328 g/mol. The lowest BCUT2D eigenvalue weighted by atomic mass is 10.1. The van der Waals surface area contributed by atoms with Gasteiger partial charge < -0.3 is 10.6 Å². The van der Waals surface area contributed by atoms with Crippen LogP contribution in [0.25, 0.3) is 0 Å². The molecule has 25 heavy (non-hydrogen) atoms. The fourth-order valence-electron chi connectivity index (χ4n) is 2.30. The largest absolute Gasteiger partial charge is 0.355 e. The summed E-state index contributed by atoms with van der Waals surface area (Å²) in [5.74, 6) is -1.94. The van der Waals surface area contributed by atoms with E-state index in [4.69, 9.17) is 0 Å². The Hall–Kier alpha value is -2.80. The van der Waals surface area contributed by atoms with Gasteiger partial charge in [0.2, 0.25) is 5.91 Å². The van der Waals surface area contributed by atoms with Gasteiger partial charge in [-0.25, -0.2) is 8.78 Å². The van der Waals surface area contributed by atoms with Crippen molar-refractivity contribution in [2.45, 2.75) is 6.54 Å². The molecule has 0 aliphatic rings. The normalized spacial score (nSPS) is 10.6. The Bertz CT molecular complexity index is 763. The molecule has 5 nitrogen and oxygen atoms in total. The first-order valence-electron chi connectivity index (χ1n) is 7.63. The number of carbonyl (C=O) groups is 2. The third-order valence-corrected chi connectivity index (χ3v) is 3.51. The molecule has 0 aliphatic heterocycles. The summed E-state index contributed by atoms with van der Waals surface area (Å²) in [6.07, 6.45) is 0. The topological polar surface area (TPSA) is 61.4 Å². The molecule has 0 saturated heterocycles. The highest BCUT2D eigenvalue weighted by Gasteiger charge is 2.11. The molecule has 2 rings (SSSR count). The van der Waals surface area contributed by atoms with Crippen molar-refractivity contribution < 1.29 is 18.4 Å². The fourth-order valence-corrected chi connectivity index (χ4v) is 2.30. The van der Waals surface area contributed by atoms with E-state index in [0.717, 1.165) is 23.8 Å². The number of nitrogens with one attached hydrogen (secondary N) is 2. The van der Waals surface area contributed by atoms with Crippen LogP contribution in [-0.4, -0.2) is 37.4 Å². The lowest BCUT2D eigenvalue weighted by Crippen LogP contribution is -2.30. The molecule has 0 heterocycles. The molecule has 0 fully saturated rings. The Morgan fingerprint density at radius 3 is 2.40 bits per heavy atom. The number of nitrogens with zero attached hydrogens (tertiary/aromatic N) is 1. The molecule has 2 aromatic rings. The van der Waals surface area contributed by atoms with Gasteiger partial charge in [0.1, 0.15) is 11.6 Å². The van der Waals surface area contributed by atoms with Gasteiger partial charge in [0.25, 0.3) is 5.91 Å². The summed E-state index contributed by atoms with van der Waals surface area (Å²) >= 11 is 0. The Morgan fingerprint density at radius 1 is 1.08 bits per heavy atom. The van der Waals surface area contributed by atoms with Gasteiger partial charge >= 0.3 is 0 Å². The van der Waals surface area contributed by atoms with Gasteiger partial charge in [0.05, 0.1) is 12.2 Å². The van der Waals surface area contributed by atoms with Crippen molar-refractivity contribution in [2.24, 2.45) is 0 Å². The first kappa shape index (κ1) is 18.5.